The molecule has 0 spiro atoms. The lowest BCUT2D eigenvalue weighted by Gasteiger charge is -2.10. The van der Waals surface area contributed by atoms with Crippen LogP contribution in [0.15, 0.2) is 16.7 Å². The molecule has 3 heteroatoms. The molecule has 13 heavy (non-hydrogen) atoms. The predicted octanol–water partition coefficient (Wildman–Crippen LogP) is 3.08. The van der Waals surface area contributed by atoms with Crippen LogP contribution in [0.2, 0.25) is 0 Å². The summed E-state index contributed by atoms with van der Waals surface area (Å²) in [5.41, 5.74) is 7.55. The van der Waals surface area contributed by atoms with Crippen LogP contribution < -0.4 is 5.73 Å². The minimum absolute atomic E-state index is 0.648. The molecule has 0 bridgehead atoms. The SMILES string of the molecule is Nc1cnc(C2CCCC2)c(Br)c1. The van der Waals surface area contributed by atoms with Gasteiger partial charge in [-0.1, -0.05) is 12.8 Å². The van der Waals surface area contributed by atoms with Gasteiger partial charge in [0.15, 0.2) is 0 Å². The monoisotopic (exact) mass is 240 g/mol. The third-order valence-corrected chi connectivity index (χ3v) is 3.27. The van der Waals surface area contributed by atoms with Crippen LogP contribution in [0.3, 0.4) is 0 Å². The number of nitrogens with zero attached hydrogens (tertiary/aromatic N) is 1. The van der Waals surface area contributed by atoms with Crippen LogP contribution in [-0.2, 0) is 0 Å². The zero-order chi connectivity index (χ0) is 9.26. The number of anilines is 1. The highest BCUT2D eigenvalue weighted by Gasteiger charge is 2.20. The van der Waals surface area contributed by atoms with Crippen LogP contribution in [0.4, 0.5) is 5.69 Å². The van der Waals surface area contributed by atoms with Gasteiger partial charge < -0.3 is 5.73 Å². The van der Waals surface area contributed by atoms with E-state index >= 15 is 0 Å². The third kappa shape index (κ3) is 1.85. The molecule has 0 amide bonds. The number of halogens is 1. The molecule has 0 atom stereocenters. The smallest absolute Gasteiger partial charge is 0.0577 e. The van der Waals surface area contributed by atoms with Crippen molar-refractivity contribution in [1.29, 1.82) is 0 Å². The molecule has 1 aromatic heterocycles. The molecule has 1 aliphatic carbocycles. The van der Waals surface area contributed by atoms with Crippen molar-refractivity contribution in [2.75, 3.05) is 5.73 Å². The molecule has 1 aliphatic rings. The van der Waals surface area contributed by atoms with E-state index in [9.17, 15) is 0 Å². The van der Waals surface area contributed by atoms with Crippen molar-refractivity contribution in [3.05, 3.63) is 22.4 Å². The maximum Gasteiger partial charge on any atom is 0.0577 e. The Labute approximate surface area is 86.7 Å². The first-order valence-corrected chi connectivity index (χ1v) is 5.47. The van der Waals surface area contributed by atoms with Gasteiger partial charge in [-0.05, 0) is 34.8 Å². The van der Waals surface area contributed by atoms with Gasteiger partial charge in [0.2, 0.25) is 0 Å². The lowest BCUT2D eigenvalue weighted by Crippen LogP contribution is -1.99. The number of nitrogens with two attached hydrogens (primary N) is 1. The van der Waals surface area contributed by atoms with Gasteiger partial charge in [0.25, 0.3) is 0 Å². The number of pyridine rings is 1. The maximum atomic E-state index is 5.63. The van der Waals surface area contributed by atoms with E-state index in [0.29, 0.717) is 5.92 Å². The second-order valence-corrected chi connectivity index (χ2v) is 4.47. The molecule has 0 saturated heterocycles. The van der Waals surface area contributed by atoms with Crippen LogP contribution in [0.5, 0.6) is 0 Å². The summed E-state index contributed by atoms with van der Waals surface area (Å²) >= 11 is 3.51. The first kappa shape index (κ1) is 9.00. The minimum atomic E-state index is 0.648. The van der Waals surface area contributed by atoms with Gasteiger partial charge in [-0.2, -0.15) is 0 Å². The first-order valence-electron chi connectivity index (χ1n) is 4.68. The minimum Gasteiger partial charge on any atom is -0.397 e. The Balaban J connectivity index is 2.29. The summed E-state index contributed by atoms with van der Waals surface area (Å²) in [6.45, 7) is 0. The Bertz CT molecular complexity index is 306. The van der Waals surface area contributed by atoms with Crippen molar-refractivity contribution in [2.24, 2.45) is 0 Å². The topological polar surface area (TPSA) is 38.9 Å². The highest BCUT2D eigenvalue weighted by atomic mass is 79.9. The average Bonchev–Trinajstić information content (AvgIpc) is 2.56. The van der Waals surface area contributed by atoms with Crippen molar-refractivity contribution < 1.29 is 0 Å². The summed E-state index contributed by atoms with van der Waals surface area (Å²) in [4.78, 5) is 4.39. The van der Waals surface area contributed by atoms with Crippen molar-refractivity contribution >= 4 is 21.6 Å². The van der Waals surface area contributed by atoms with Crippen LogP contribution >= 0.6 is 15.9 Å². The average molecular weight is 241 g/mol. The Morgan fingerprint density at radius 2 is 2.08 bits per heavy atom. The van der Waals surface area contributed by atoms with Crippen LogP contribution in [0.25, 0.3) is 0 Å². The Hall–Kier alpha value is -0.570. The molecular formula is C10H13BrN2. The molecule has 2 nitrogen and oxygen atoms in total. The summed E-state index contributed by atoms with van der Waals surface area (Å²) in [6, 6.07) is 1.95. The van der Waals surface area contributed by atoms with Gasteiger partial charge in [0.1, 0.15) is 0 Å². The first-order chi connectivity index (χ1) is 6.27. The van der Waals surface area contributed by atoms with Gasteiger partial charge in [0.05, 0.1) is 17.6 Å². The van der Waals surface area contributed by atoms with Crippen molar-refractivity contribution in [3.63, 3.8) is 0 Å². The quantitative estimate of drug-likeness (QED) is 0.820. The van der Waals surface area contributed by atoms with E-state index in [0.717, 1.165) is 10.2 Å². The standard InChI is InChI=1S/C10H13BrN2/c11-9-5-8(12)6-13-10(9)7-3-1-2-4-7/h5-7H,1-4,12H2. The normalized spacial score (nSPS) is 17.9. The molecule has 0 unspecified atom stereocenters. The summed E-state index contributed by atoms with van der Waals surface area (Å²) in [5, 5.41) is 0. The van der Waals surface area contributed by atoms with E-state index in [-0.39, 0.29) is 0 Å². The number of hydrogen-bond acceptors (Lipinski definition) is 2. The van der Waals surface area contributed by atoms with E-state index in [1.54, 1.807) is 6.20 Å². The highest BCUT2D eigenvalue weighted by Crippen LogP contribution is 2.36. The molecule has 2 N–H and O–H groups in total. The number of rotatable bonds is 1. The second-order valence-electron chi connectivity index (χ2n) is 3.62. The summed E-state index contributed by atoms with van der Waals surface area (Å²) in [6.07, 6.45) is 6.97. The Morgan fingerprint density at radius 3 is 2.69 bits per heavy atom. The van der Waals surface area contributed by atoms with Crippen LogP contribution in [0, 0.1) is 0 Å². The van der Waals surface area contributed by atoms with Gasteiger partial charge in [-0.25, -0.2) is 0 Å². The molecule has 2 rings (SSSR count). The number of hydrogen-bond donors (Lipinski definition) is 1. The molecule has 1 saturated carbocycles. The fourth-order valence-electron chi connectivity index (χ4n) is 1.96. The lowest BCUT2D eigenvalue weighted by molar-refractivity contribution is 0.693. The van der Waals surface area contributed by atoms with Crippen molar-refractivity contribution in [2.45, 2.75) is 31.6 Å². The molecule has 0 radical (unpaired) electrons. The van der Waals surface area contributed by atoms with E-state index in [2.05, 4.69) is 20.9 Å². The molecule has 0 aliphatic heterocycles. The zero-order valence-electron chi connectivity index (χ0n) is 7.46. The summed E-state index contributed by atoms with van der Waals surface area (Å²) in [5.74, 6) is 0.648. The maximum absolute atomic E-state index is 5.63. The fraction of sp³-hybridized carbons (Fsp3) is 0.500. The fourth-order valence-corrected chi connectivity index (χ4v) is 2.65. The molecule has 1 heterocycles. The van der Waals surface area contributed by atoms with E-state index in [1.165, 1.54) is 31.4 Å². The van der Waals surface area contributed by atoms with Gasteiger partial charge in [0, 0.05) is 10.4 Å². The highest BCUT2D eigenvalue weighted by molar-refractivity contribution is 9.10. The Morgan fingerprint density at radius 1 is 1.38 bits per heavy atom. The second kappa shape index (κ2) is 3.66. The van der Waals surface area contributed by atoms with Crippen LogP contribution in [0.1, 0.15) is 37.3 Å². The zero-order valence-corrected chi connectivity index (χ0v) is 9.05. The largest absolute Gasteiger partial charge is 0.397 e. The molecule has 70 valence electrons. The van der Waals surface area contributed by atoms with Crippen LogP contribution in [-0.4, -0.2) is 4.98 Å². The Kier molecular flexibility index (Phi) is 2.54. The van der Waals surface area contributed by atoms with Gasteiger partial charge in [-0.3, -0.25) is 4.98 Å². The third-order valence-electron chi connectivity index (χ3n) is 2.63. The van der Waals surface area contributed by atoms with Gasteiger partial charge >= 0.3 is 0 Å². The van der Waals surface area contributed by atoms with Gasteiger partial charge in [-0.15, -0.1) is 0 Å². The molecular weight excluding hydrogens is 228 g/mol. The van der Waals surface area contributed by atoms with E-state index in [1.807, 2.05) is 6.07 Å². The van der Waals surface area contributed by atoms with Crippen molar-refractivity contribution in [1.82, 2.24) is 4.98 Å². The predicted molar refractivity (Wildman–Crippen MR) is 57.6 cm³/mol. The number of aromatic nitrogens is 1. The lowest BCUT2D eigenvalue weighted by atomic mass is 10.0. The van der Waals surface area contributed by atoms with Crippen molar-refractivity contribution in [3.8, 4) is 0 Å². The summed E-state index contributed by atoms with van der Waals surface area (Å²) in [7, 11) is 0. The number of nitrogen functional groups attached to an aromatic ring is 1. The summed E-state index contributed by atoms with van der Waals surface area (Å²) < 4.78 is 1.07. The van der Waals surface area contributed by atoms with E-state index in [4.69, 9.17) is 5.73 Å². The molecule has 0 aromatic carbocycles. The molecule has 1 aromatic rings. The van der Waals surface area contributed by atoms with E-state index < -0.39 is 0 Å². The molecule has 1 fully saturated rings.